The lowest BCUT2D eigenvalue weighted by Crippen LogP contribution is -2.51. The van der Waals surface area contributed by atoms with Crippen LogP contribution in [0.2, 0.25) is 20.1 Å². The van der Waals surface area contributed by atoms with Gasteiger partial charge in [0.15, 0.2) is 0 Å². The molecule has 0 aromatic heterocycles. The van der Waals surface area contributed by atoms with Gasteiger partial charge in [-0.25, -0.2) is 0 Å². The van der Waals surface area contributed by atoms with Crippen molar-refractivity contribution in [2.45, 2.75) is 63.4 Å². The van der Waals surface area contributed by atoms with E-state index in [4.69, 9.17) is 46.4 Å². The Morgan fingerprint density at radius 1 is 1.03 bits per heavy atom. The lowest BCUT2D eigenvalue weighted by Gasteiger charge is -2.32. The maximum Gasteiger partial charge on any atom is 0.243 e. The van der Waals surface area contributed by atoms with Gasteiger partial charge in [0.1, 0.15) is 6.04 Å². The lowest BCUT2D eigenvalue weighted by molar-refractivity contribution is -0.139. The van der Waals surface area contributed by atoms with Gasteiger partial charge in [0, 0.05) is 33.9 Å². The van der Waals surface area contributed by atoms with E-state index in [2.05, 4.69) is 5.32 Å². The minimum absolute atomic E-state index is 0.125. The summed E-state index contributed by atoms with van der Waals surface area (Å²) < 4.78 is 0. The molecule has 0 aliphatic heterocycles. The molecular formula is C25H28Cl4N2O2S. The summed E-state index contributed by atoms with van der Waals surface area (Å²) in [5, 5.41) is 5.06. The van der Waals surface area contributed by atoms with E-state index in [-0.39, 0.29) is 30.2 Å². The van der Waals surface area contributed by atoms with Crippen LogP contribution in [0, 0.1) is 0 Å². The Hall–Kier alpha value is -1.11. The minimum atomic E-state index is -0.606. The van der Waals surface area contributed by atoms with Crippen molar-refractivity contribution in [1.29, 1.82) is 0 Å². The van der Waals surface area contributed by atoms with Crippen LogP contribution in [0.3, 0.4) is 0 Å². The van der Waals surface area contributed by atoms with E-state index < -0.39 is 6.04 Å². The first kappa shape index (κ1) is 27.5. The molecule has 4 nitrogen and oxygen atoms in total. The smallest absolute Gasteiger partial charge is 0.243 e. The second-order valence-corrected chi connectivity index (χ2v) is 11.0. The molecule has 1 aliphatic rings. The average molecular weight is 562 g/mol. The van der Waals surface area contributed by atoms with Crippen molar-refractivity contribution < 1.29 is 9.59 Å². The molecule has 2 amide bonds. The lowest BCUT2D eigenvalue weighted by atomic mass is 10.1. The molecule has 34 heavy (non-hydrogen) atoms. The van der Waals surface area contributed by atoms with Crippen molar-refractivity contribution in [3.8, 4) is 0 Å². The number of carbonyl (C=O) groups is 2. The summed E-state index contributed by atoms with van der Waals surface area (Å²) in [4.78, 5) is 28.2. The summed E-state index contributed by atoms with van der Waals surface area (Å²) in [5.74, 6) is 0.527. The zero-order valence-electron chi connectivity index (χ0n) is 19.0. The fraction of sp³-hybridized carbons (Fsp3) is 0.440. The third-order valence-electron chi connectivity index (χ3n) is 5.96. The number of amides is 2. The number of nitrogens with zero attached hydrogens (tertiary/aromatic N) is 1. The van der Waals surface area contributed by atoms with Crippen LogP contribution >= 0.6 is 58.2 Å². The summed E-state index contributed by atoms with van der Waals surface area (Å²) in [5.41, 5.74) is 1.61. The standard InChI is InChI=1S/C25H28Cl4N2O2S/c1-2-23(25(33)30-17-6-3-4-7-17)31(13-18-19(26)8-5-9-20(18)27)24(32)15-34-14-16-10-11-21(28)22(29)12-16/h5,8-12,17,23H,2-4,6-7,13-15H2,1H3,(H,30,33)/t23-/m0/s1. The molecule has 1 atom stereocenters. The largest absolute Gasteiger partial charge is 0.352 e. The van der Waals surface area contributed by atoms with Crippen molar-refractivity contribution in [1.82, 2.24) is 10.2 Å². The van der Waals surface area contributed by atoms with Crippen LogP contribution in [0.15, 0.2) is 36.4 Å². The Labute approximate surface area is 225 Å². The molecule has 2 aromatic carbocycles. The van der Waals surface area contributed by atoms with E-state index in [0.717, 1.165) is 31.2 Å². The third-order valence-corrected chi connectivity index (χ3v) is 8.39. The van der Waals surface area contributed by atoms with E-state index in [1.165, 1.54) is 11.8 Å². The first-order valence-corrected chi connectivity index (χ1v) is 14.0. The van der Waals surface area contributed by atoms with Crippen LogP contribution in [0.4, 0.5) is 0 Å². The Morgan fingerprint density at radius 2 is 1.71 bits per heavy atom. The SMILES string of the molecule is CC[C@@H](C(=O)NC1CCCC1)N(Cc1c(Cl)cccc1Cl)C(=O)CSCc1ccc(Cl)c(Cl)c1. The second kappa shape index (κ2) is 13.3. The number of rotatable bonds is 10. The zero-order chi connectivity index (χ0) is 24.7. The fourth-order valence-electron chi connectivity index (χ4n) is 4.11. The fourth-order valence-corrected chi connectivity index (χ4v) is 5.80. The number of carbonyl (C=O) groups excluding carboxylic acids is 2. The highest BCUT2D eigenvalue weighted by Gasteiger charge is 2.31. The summed E-state index contributed by atoms with van der Waals surface area (Å²) in [6.45, 7) is 2.08. The Morgan fingerprint density at radius 3 is 2.32 bits per heavy atom. The van der Waals surface area contributed by atoms with Gasteiger partial charge in [0.2, 0.25) is 11.8 Å². The summed E-state index contributed by atoms with van der Waals surface area (Å²) in [6, 6.07) is 10.2. The highest BCUT2D eigenvalue weighted by atomic mass is 35.5. The molecule has 1 aliphatic carbocycles. The highest BCUT2D eigenvalue weighted by molar-refractivity contribution is 7.99. The van der Waals surface area contributed by atoms with E-state index >= 15 is 0 Å². The molecule has 0 saturated heterocycles. The topological polar surface area (TPSA) is 49.4 Å². The molecule has 0 unspecified atom stereocenters. The monoisotopic (exact) mass is 560 g/mol. The van der Waals surface area contributed by atoms with E-state index in [0.29, 0.717) is 37.8 Å². The number of halogens is 4. The molecule has 2 aromatic rings. The molecule has 1 fully saturated rings. The van der Waals surface area contributed by atoms with Gasteiger partial charge in [0.05, 0.1) is 15.8 Å². The molecule has 184 valence electrons. The Kier molecular flexibility index (Phi) is 10.7. The van der Waals surface area contributed by atoms with Crippen LogP contribution in [0.25, 0.3) is 0 Å². The maximum atomic E-state index is 13.4. The van der Waals surface area contributed by atoms with Gasteiger partial charge in [0.25, 0.3) is 0 Å². The molecule has 1 saturated carbocycles. The van der Waals surface area contributed by atoms with Crippen molar-refractivity contribution in [3.05, 3.63) is 67.6 Å². The molecule has 0 spiro atoms. The molecular weight excluding hydrogens is 534 g/mol. The van der Waals surface area contributed by atoms with Gasteiger partial charge >= 0.3 is 0 Å². The van der Waals surface area contributed by atoms with E-state index in [9.17, 15) is 9.59 Å². The van der Waals surface area contributed by atoms with Crippen LogP contribution in [-0.2, 0) is 21.9 Å². The van der Waals surface area contributed by atoms with Gasteiger partial charge in [-0.2, -0.15) is 0 Å². The molecule has 0 heterocycles. The normalized spacial score (nSPS) is 14.7. The molecule has 9 heteroatoms. The number of thioether (sulfide) groups is 1. The van der Waals surface area contributed by atoms with Gasteiger partial charge in [-0.1, -0.05) is 78.3 Å². The third kappa shape index (κ3) is 7.44. The van der Waals surface area contributed by atoms with E-state index in [1.807, 2.05) is 13.0 Å². The van der Waals surface area contributed by atoms with Crippen LogP contribution in [0.1, 0.15) is 50.2 Å². The van der Waals surface area contributed by atoms with E-state index in [1.54, 1.807) is 35.2 Å². The van der Waals surface area contributed by atoms with Gasteiger partial charge in [-0.15, -0.1) is 11.8 Å². The molecule has 3 rings (SSSR count). The zero-order valence-corrected chi connectivity index (χ0v) is 22.8. The predicted molar refractivity (Wildman–Crippen MR) is 144 cm³/mol. The minimum Gasteiger partial charge on any atom is -0.352 e. The quantitative estimate of drug-likeness (QED) is 0.329. The van der Waals surface area contributed by atoms with Crippen LogP contribution in [-0.4, -0.2) is 34.6 Å². The maximum absolute atomic E-state index is 13.4. The molecule has 1 N–H and O–H groups in total. The molecule has 0 radical (unpaired) electrons. The summed E-state index contributed by atoms with van der Waals surface area (Å²) in [7, 11) is 0. The van der Waals surface area contributed by atoms with Crippen LogP contribution in [0.5, 0.6) is 0 Å². The summed E-state index contributed by atoms with van der Waals surface area (Å²) in [6.07, 6.45) is 4.68. The summed E-state index contributed by atoms with van der Waals surface area (Å²) >= 11 is 26.4. The first-order valence-electron chi connectivity index (χ1n) is 11.3. The predicted octanol–water partition coefficient (Wildman–Crippen LogP) is 7.40. The van der Waals surface area contributed by atoms with Gasteiger partial charge in [-0.05, 0) is 49.1 Å². The van der Waals surface area contributed by atoms with Crippen molar-refractivity contribution in [2.24, 2.45) is 0 Å². The Bertz CT molecular complexity index is 994. The molecule has 0 bridgehead atoms. The second-order valence-electron chi connectivity index (χ2n) is 8.38. The van der Waals surface area contributed by atoms with Crippen molar-refractivity contribution >= 4 is 70.0 Å². The Balaban J connectivity index is 1.75. The van der Waals surface area contributed by atoms with Crippen LogP contribution < -0.4 is 5.32 Å². The van der Waals surface area contributed by atoms with Gasteiger partial charge in [-0.3, -0.25) is 9.59 Å². The number of benzene rings is 2. The van der Waals surface area contributed by atoms with Crippen molar-refractivity contribution in [2.75, 3.05) is 5.75 Å². The van der Waals surface area contributed by atoms with Gasteiger partial charge < -0.3 is 10.2 Å². The van der Waals surface area contributed by atoms with Crippen molar-refractivity contribution in [3.63, 3.8) is 0 Å². The number of nitrogens with one attached hydrogen (secondary N) is 1. The first-order chi connectivity index (χ1) is 16.3. The average Bonchev–Trinajstić information content (AvgIpc) is 3.31. The number of hydrogen-bond donors (Lipinski definition) is 1. The highest BCUT2D eigenvalue weighted by Crippen LogP contribution is 2.29. The number of hydrogen-bond acceptors (Lipinski definition) is 3.